The van der Waals surface area contributed by atoms with Crippen molar-refractivity contribution in [3.05, 3.63) is 62.5 Å². The average molecular weight is 525 g/mol. The summed E-state index contributed by atoms with van der Waals surface area (Å²) in [6.45, 7) is 1.89. The molecule has 1 atom stereocenters. The number of carbonyl (C=O) groups is 1. The van der Waals surface area contributed by atoms with Crippen LogP contribution < -0.4 is 10.4 Å². The third kappa shape index (κ3) is 5.25. The van der Waals surface area contributed by atoms with Crippen molar-refractivity contribution in [2.24, 2.45) is 5.10 Å². The minimum absolute atomic E-state index is 0.112. The van der Waals surface area contributed by atoms with E-state index >= 15 is 0 Å². The molecule has 31 heavy (non-hydrogen) atoms. The first kappa shape index (κ1) is 22.6. The minimum atomic E-state index is -0.123. The Labute approximate surface area is 201 Å². The van der Waals surface area contributed by atoms with Gasteiger partial charge in [-0.3, -0.25) is 9.80 Å². The number of hydrogen-bond donors (Lipinski definition) is 1. The predicted octanol–water partition coefficient (Wildman–Crippen LogP) is 6.12. The molecule has 0 aliphatic carbocycles. The first-order valence-electron chi connectivity index (χ1n) is 10.6. The fraction of sp³-hybridized carbons (Fsp3) is 0.391. The summed E-state index contributed by atoms with van der Waals surface area (Å²) < 4.78 is 1.56. The van der Waals surface area contributed by atoms with Gasteiger partial charge < -0.3 is 0 Å². The molecule has 0 spiro atoms. The molecule has 8 heteroatoms. The van der Waals surface area contributed by atoms with E-state index in [4.69, 9.17) is 28.3 Å². The van der Waals surface area contributed by atoms with Crippen LogP contribution in [-0.4, -0.2) is 36.3 Å². The molecule has 0 aromatic heterocycles. The van der Waals surface area contributed by atoms with Crippen LogP contribution in [0.5, 0.6) is 0 Å². The molecule has 5 nitrogen and oxygen atoms in total. The van der Waals surface area contributed by atoms with Gasteiger partial charge in [-0.05, 0) is 61.6 Å². The summed E-state index contributed by atoms with van der Waals surface area (Å²) in [5, 5.41) is 7.65. The largest absolute Gasteiger partial charge is 0.312 e. The molecule has 2 aliphatic heterocycles. The molecule has 4 rings (SSSR count). The topological polar surface area (TPSA) is 44.7 Å². The molecule has 1 unspecified atom stereocenters. The molecule has 2 aromatic carbocycles. The van der Waals surface area contributed by atoms with Crippen molar-refractivity contribution >= 4 is 56.4 Å². The van der Waals surface area contributed by atoms with E-state index in [-0.39, 0.29) is 11.9 Å². The zero-order valence-corrected chi connectivity index (χ0v) is 20.6. The van der Waals surface area contributed by atoms with Gasteiger partial charge in [0.2, 0.25) is 0 Å². The maximum Gasteiger partial charge on any atom is 0.312 e. The van der Waals surface area contributed by atoms with Crippen LogP contribution in [0.4, 0.5) is 5.69 Å². The quantitative estimate of drug-likeness (QED) is 0.490. The van der Waals surface area contributed by atoms with Crippen molar-refractivity contribution in [3.8, 4) is 0 Å². The maximum atomic E-state index is 13.2. The standard InChI is InChI=1S/C23H25BrCl2N4O/c1-30(12-4-2-3-5-13-30)28-23(31)20-15-22(16-6-8-17(24)9-7-16)29(27-20)21-11-10-18(25)14-19(21)26/h6-11,14,22H,2-5,12-13,15H2,1H3/p+1. The van der Waals surface area contributed by atoms with E-state index in [9.17, 15) is 4.79 Å². The predicted molar refractivity (Wildman–Crippen MR) is 130 cm³/mol. The van der Waals surface area contributed by atoms with Crippen LogP contribution >= 0.6 is 39.1 Å². The highest BCUT2D eigenvalue weighted by Crippen LogP contribution is 2.40. The van der Waals surface area contributed by atoms with Crippen LogP contribution in [0.3, 0.4) is 0 Å². The first-order valence-corrected chi connectivity index (χ1v) is 12.1. The van der Waals surface area contributed by atoms with Gasteiger partial charge in [-0.15, -0.1) is 0 Å². The normalized spacial score (nSPS) is 20.8. The highest BCUT2D eigenvalue weighted by molar-refractivity contribution is 9.10. The number of benzene rings is 2. The minimum Gasteiger partial charge on any atom is -0.263 e. The molecule has 1 amide bonds. The highest BCUT2D eigenvalue weighted by Gasteiger charge is 2.36. The third-order valence-electron chi connectivity index (χ3n) is 6.01. The number of halogens is 3. The number of amides is 1. The van der Waals surface area contributed by atoms with Crippen molar-refractivity contribution in [2.75, 3.05) is 25.1 Å². The van der Waals surface area contributed by atoms with Crippen LogP contribution in [0.15, 0.2) is 52.0 Å². The lowest BCUT2D eigenvalue weighted by atomic mass is 10.0. The number of anilines is 1. The number of nitrogens with one attached hydrogen (secondary N) is 1. The fourth-order valence-corrected chi connectivity index (χ4v) is 5.05. The Bertz CT molecular complexity index is 988. The van der Waals surface area contributed by atoms with E-state index in [1.165, 1.54) is 12.8 Å². The van der Waals surface area contributed by atoms with Crippen molar-refractivity contribution < 1.29 is 9.39 Å². The van der Waals surface area contributed by atoms with Gasteiger partial charge in [-0.25, -0.2) is 4.59 Å². The Hall–Kier alpha value is -1.60. The van der Waals surface area contributed by atoms with Gasteiger partial charge in [-0.1, -0.05) is 51.3 Å². The van der Waals surface area contributed by atoms with E-state index in [0.717, 1.165) is 41.7 Å². The summed E-state index contributed by atoms with van der Waals surface area (Å²) in [6.07, 6.45) is 5.19. The number of carbonyl (C=O) groups excluding carboxylic acids is 1. The second-order valence-electron chi connectivity index (χ2n) is 8.46. The number of nitrogens with zero attached hydrogens (tertiary/aromatic N) is 3. The number of hydrogen-bond acceptors (Lipinski definition) is 3. The SMILES string of the molecule is C[N+]1(NC(=O)C2=NN(c3ccc(Cl)cc3Cl)C(c3ccc(Br)cc3)C2)CCCCCC1. The van der Waals surface area contributed by atoms with E-state index in [1.54, 1.807) is 12.1 Å². The second kappa shape index (κ2) is 9.49. The lowest BCUT2D eigenvalue weighted by molar-refractivity contribution is -0.942. The first-order chi connectivity index (χ1) is 14.8. The highest BCUT2D eigenvalue weighted by atomic mass is 79.9. The molecule has 1 N–H and O–H groups in total. The Morgan fingerprint density at radius 3 is 2.42 bits per heavy atom. The Morgan fingerprint density at radius 2 is 1.77 bits per heavy atom. The molecule has 0 bridgehead atoms. The molecule has 1 fully saturated rings. The molecule has 164 valence electrons. The summed E-state index contributed by atoms with van der Waals surface area (Å²) >= 11 is 16.1. The van der Waals surface area contributed by atoms with E-state index in [1.807, 2.05) is 35.3 Å². The summed E-state index contributed by atoms with van der Waals surface area (Å²) in [6, 6.07) is 13.3. The van der Waals surface area contributed by atoms with Gasteiger partial charge in [-0.2, -0.15) is 10.5 Å². The van der Waals surface area contributed by atoms with Gasteiger partial charge in [0.1, 0.15) is 18.8 Å². The second-order valence-corrected chi connectivity index (χ2v) is 10.2. The van der Waals surface area contributed by atoms with Gasteiger partial charge in [0.05, 0.1) is 23.8 Å². The molecule has 0 saturated carbocycles. The van der Waals surface area contributed by atoms with Gasteiger partial charge in [0.25, 0.3) is 0 Å². The van der Waals surface area contributed by atoms with Gasteiger partial charge >= 0.3 is 5.91 Å². The summed E-state index contributed by atoms with van der Waals surface area (Å²) in [5.74, 6) is -0.112. The van der Waals surface area contributed by atoms with E-state index < -0.39 is 0 Å². The molecule has 1 saturated heterocycles. The zero-order chi connectivity index (χ0) is 22.0. The Kier molecular flexibility index (Phi) is 6.92. The molecular formula is C23H26BrCl2N4O+. The fourth-order valence-electron chi connectivity index (χ4n) is 4.29. The Morgan fingerprint density at radius 1 is 1.10 bits per heavy atom. The van der Waals surface area contributed by atoms with Crippen LogP contribution in [0.2, 0.25) is 10.0 Å². The lowest BCUT2D eigenvalue weighted by Crippen LogP contribution is -2.59. The zero-order valence-electron chi connectivity index (χ0n) is 17.5. The van der Waals surface area contributed by atoms with Gasteiger partial charge in [0, 0.05) is 15.9 Å². The van der Waals surface area contributed by atoms with E-state index in [0.29, 0.717) is 26.8 Å². The smallest absolute Gasteiger partial charge is 0.263 e. The molecule has 2 aromatic rings. The molecule has 2 heterocycles. The Balaban J connectivity index is 1.63. The van der Waals surface area contributed by atoms with Crippen LogP contribution in [0, 0.1) is 0 Å². The number of quaternary nitrogens is 1. The molecular weight excluding hydrogens is 499 g/mol. The summed E-state index contributed by atoms with van der Waals surface area (Å²) in [4.78, 5) is 13.2. The van der Waals surface area contributed by atoms with E-state index in [2.05, 4.69) is 28.4 Å². The van der Waals surface area contributed by atoms with Crippen molar-refractivity contribution in [3.63, 3.8) is 0 Å². The number of likely N-dealkylation sites (tertiary alicyclic amines) is 1. The van der Waals surface area contributed by atoms with Crippen LogP contribution in [0.25, 0.3) is 0 Å². The summed E-state index contributed by atoms with van der Waals surface area (Å²) in [7, 11) is 2.10. The third-order valence-corrected chi connectivity index (χ3v) is 7.08. The molecule has 2 aliphatic rings. The number of rotatable bonds is 4. The maximum absolute atomic E-state index is 13.2. The van der Waals surface area contributed by atoms with Crippen LogP contribution in [-0.2, 0) is 4.79 Å². The summed E-state index contributed by atoms with van der Waals surface area (Å²) in [5.41, 5.74) is 5.55. The van der Waals surface area contributed by atoms with Crippen LogP contribution in [0.1, 0.15) is 43.7 Å². The number of hydrazone groups is 1. The average Bonchev–Trinajstić information content (AvgIpc) is 3.05. The van der Waals surface area contributed by atoms with Crippen molar-refractivity contribution in [2.45, 2.75) is 38.1 Å². The van der Waals surface area contributed by atoms with Crippen molar-refractivity contribution in [1.29, 1.82) is 0 Å². The monoisotopic (exact) mass is 523 g/mol. The molecule has 0 radical (unpaired) electrons. The van der Waals surface area contributed by atoms with Gasteiger partial charge in [0.15, 0.2) is 0 Å². The van der Waals surface area contributed by atoms with Crippen molar-refractivity contribution in [1.82, 2.24) is 5.43 Å². The lowest BCUT2D eigenvalue weighted by Gasteiger charge is -2.32.